The first-order valence-electron chi connectivity index (χ1n) is 6.33. The van der Waals surface area contributed by atoms with Crippen LogP contribution in [0.25, 0.3) is 0 Å². The molecule has 0 aromatic heterocycles. The molecule has 0 fully saturated rings. The second-order valence-electron chi connectivity index (χ2n) is 4.29. The quantitative estimate of drug-likeness (QED) is 0.518. The van der Waals surface area contributed by atoms with Crippen LogP contribution in [0.2, 0.25) is 0 Å². The topological polar surface area (TPSA) is 81.5 Å². The highest BCUT2D eigenvalue weighted by Gasteiger charge is 2.19. The number of thioether (sulfide) groups is 1. The highest BCUT2D eigenvalue weighted by Crippen LogP contribution is 2.30. The maximum absolute atomic E-state index is 12.3. The lowest BCUT2D eigenvalue weighted by molar-refractivity contribution is -0.384. The molecule has 2 aromatic carbocycles. The van der Waals surface area contributed by atoms with Crippen LogP contribution in [0.4, 0.5) is 11.4 Å². The van der Waals surface area contributed by atoms with Crippen molar-refractivity contribution in [1.82, 2.24) is 0 Å². The van der Waals surface area contributed by atoms with Gasteiger partial charge in [0.2, 0.25) is 0 Å². The number of hydrogen-bond donors (Lipinski definition) is 1. The van der Waals surface area contributed by atoms with Crippen LogP contribution < -0.4 is 10.1 Å². The van der Waals surface area contributed by atoms with E-state index in [9.17, 15) is 14.9 Å². The van der Waals surface area contributed by atoms with Gasteiger partial charge in [0.25, 0.3) is 11.6 Å². The minimum absolute atomic E-state index is 0.131. The monoisotopic (exact) mass is 318 g/mol. The third-order valence-corrected chi connectivity index (χ3v) is 3.80. The molecule has 22 heavy (non-hydrogen) atoms. The summed E-state index contributed by atoms with van der Waals surface area (Å²) in [5, 5.41) is 13.7. The number of nitrogens with one attached hydrogen (secondary N) is 1. The molecule has 0 aliphatic heterocycles. The van der Waals surface area contributed by atoms with Gasteiger partial charge in [-0.1, -0.05) is 12.1 Å². The van der Waals surface area contributed by atoms with E-state index in [-0.39, 0.29) is 11.4 Å². The van der Waals surface area contributed by atoms with Crippen LogP contribution in [-0.4, -0.2) is 24.2 Å². The number of benzene rings is 2. The van der Waals surface area contributed by atoms with Crippen LogP contribution >= 0.6 is 11.8 Å². The smallest absolute Gasteiger partial charge is 0.296 e. The SMILES string of the molecule is COc1ccc(NC(=O)c2ccccc2SC)c([N+](=O)[O-])c1. The van der Waals surface area contributed by atoms with Gasteiger partial charge in [0.1, 0.15) is 11.4 Å². The molecule has 1 amide bonds. The predicted molar refractivity (Wildman–Crippen MR) is 85.8 cm³/mol. The lowest BCUT2D eigenvalue weighted by Gasteiger charge is -2.09. The molecule has 0 radical (unpaired) electrons. The molecule has 1 N–H and O–H groups in total. The molecule has 7 heteroatoms. The van der Waals surface area contributed by atoms with Gasteiger partial charge in [0, 0.05) is 4.90 Å². The number of amides is 1. The van der Waals surface area contributed by atoms with Crippen molar-refractivity contribution >= 4 is 29.0 Å². The number of ether oxygens (including phenoxy) is 1. The van der Waals surface area contributed by atoms with Gasteiger partial charge in [0.05, 0.1) is 23.7 Å². The molecule has 0 bridgehead atoms. The summed E-state index contributed by atoms with van der Waals surface area (Å²) in [5.74, 6) is -0.0348. The van der Waals surface area contributed by atoms with Gasteiger partial charge in [-0.05, 0) is 30.5 Å². The van der Waals surface area contributed by atoms with E-state index in [2.05, 4.69) is 5.32 Å². The van der Waals surface area contributed by atoms with E-state index in [4.69, 9.17) is 4.74 Å². The summed E-state index contributed by atoms with van der Waals surface area (Å²) in [4.78, 5) is 23.7. The van der Waals surface area contributed by atoms with Gasteiger partial charge >= 0.3 is 0 Å². The fraction of sp³-hybridized carbons (Fsp3) is 0.133. The van der Waals surface area contributed by atoms with Crippen molar-refractivity contribution in [1.29, 1.82) is 0 Å². The first kappa shape index (κ1) is 15.8. The molecule has 0 saturated heterocycles. The molecule has 0 saturated carbocycles. The summed E-state index contributed by atoms with van der Waals surface area (Å²) >= 11 is 1.44. The van der Waals surface area contributed by atoms with Gasteiger partial charge in [-0.15, -0.1) is 11.8 Å². The molecule has 114 valence electrons. The summed E-state index contributed by atoms with van der Waals surface area (Å²) < 4.78 is 4.97. The number of carbonyl (C=O) groups excluding carboxylic acids is 1. The zero-order chi connectivity index (χ0) is 16.1. The second-order valence-corrected chi connectivity index (χ2v) is 5.14. The Kier molecular flexibility index (Phi) is 5.00. The minimum Gasteiger partial charge on any atom is -0.496 e. The zero-order valence-corrected chi connectivity index (χ0v) is 12.8. The average Bonchev–Trinajstić information content (AvgIpc) is 2.54. The zero-order valence-electron chi connectivity index (χ0n) is 12.0. The maximum atomic E-state index is 12.3. The molecule has 0 aliphatic rings. The van der Waals surface area contributed by atoms with Gasteiger partial charge in [-0.2, -0.15) is 0 Å². The first-order valence-corrected chi connectivity index (χ1v) is 7.56. The van der Waals surface area contributed by atoms with E-state index in [0.717, 1.165) is 4.90 Å². The van der Waals surface area contributed by atoms with E-state index < -0.39 is 10.8 Å². The van der Waals surface area contributed by atoms with Crippen LogP contribution in [-0.2, 0) is 0 Å². The molecular formula is C15H14N2O4S. The van der Waals surface area contributed by atoms with E-state index in [0.29, 0.717) is 11.3 Å². The first-order chi connectivity index (χ1) is 10.6. The second kappa shape index (κ2) is 6.95. The van der Waals surface area contributed by atoms with E-state index in [1.165, 1.54) is 31.0 Å². The number of carbonyl (C=O) groups is 1. The van der Waals surface area contributed by atoms with Gasteiger partial charge < -0.3 is 10.1 Å². The molecule has 0 aliphatic carbocycles. The van der Waals surface area contributed by atoms with Gasteiger partial charge in [0.15, 0.2) is 0 Å². The number of nitro groups is 1. The third-order valence-electron chi connectivity index (χ3n) is 3.00. The lowest BCUT2D eigenvalue weighted by atomic mass is 10.2. The Bertz CT molecular complexity index is 718. The predicted octanol–water partition coefficient (Wildman–Crippen LogP) is 3.58. The van der Waals surface area contributed by atoms with Crippen molar-refractivity contribution in [3.05, 3.63) is 58.1 Å². The van der Waals surface area contributed by atoms with Crippen LogP contribution in [0.1, 0.15) is 10.4 Å². The molecule has 0 heterocycles. The summed E-state index contributed by atoms with van der Waals surface area (Å²) in [6.45, 7) is 0. The molecule has 2 rings (SSSR count). The largest absolute Gasteiger partial charge is 0.496 e. The van der Waals surface area contributed by atoms with Crippen molar-refractivity contribution in [2.75, 3.05) is 18.7 Å². The third kappa shape index (κ3) is 3.37. The Balaban J connectivity index is 2.34. The van der Waals surface area contributed by atoms with E-state index in [1.807, 2.05) is 18.4 Å². The van der Waals surface area contributed by atoms with Gasteiger partial charge in [-0.25, -0.2) is 0 Å². The summed E-state index contributed by atoms with van der Waals surface area (Å²) in [6, 6.07) is 11.4. The Morgan fingerprint density at radius 3 is 2.64 bits per heavy atom. The Hall–Kier alpha value is -2.54. The highest BCUT2D eigenvalue weighted by atomic mass is 32.2. The number of rotatable bonds is 5. The average molecular weight is 318 g/mol. The Morgan fingerprint density at radius 2 is 2.00 bits per heavy atom. The normalized spacial score (nSPS) is 10.1. The summed E-state index contributed by atoms with van der Waals surface area (Å²) in [6.07, 6.45) is 1.86. The van der Waals surface area contributed by atoms with Crippen molar-refractivity contribution in [3.8, 4) is 5.75 Å². The number of methoxy groups -OCH3 is 1. The molecule has 6 nitrogen and oxygen atoms in total. The number of nitrogens with zero attached hydrogens (tertiary/aromatic N) is 1. The Morgan fingerprint density at radius 1 is 1.27 bits per heavy atom. The fourth-order valence-corrected chi connectivity index (χ4v) is 2.51. The van der Waals surface area contributed by atoms with Crippen LogP contribution in [0, 0.1) is 10.1 Å². The van der Waals surface area contributed by atoms with Crippen molar-refractivity contribution < 1.29 is 14.5 Å². The van der Waals surface area contributed by atoms with Crippen LogP contribution in [0.15, 0.2) is 47.4 Å². The van der Waals surface area contributed by atoms with Gasteiger partial charge in [-0.3, -0.25) is 14.9 Å². The molecule has 0 atom stereocenters. The minimum atomic E-state index is -0.557. The molecular weight excluding hydrogens is 304 g/mol. The Labute approximate surface area is 131 Å². The number of hydrogen-bond acceptors (Lipinski definition) is 5. The summed E-state index contributed by atoms with van der Waals surface area (Å²) in [5.41, 5.74) is 0.390. The molecule has 2 aromatic rings. The number of nitro benzene ring substituents is 1. The van der Waals surface area contributed by atoms with Crippen LogP contribution in [0.5, 0.6) is 5.75 Å². The molecule has 0 unspecified atom stereocenters. The maximum Gasteiger partial charge on any atom is 0.296 e. The molecule has 0 spiro atoms. The summed E-state index contributed by atoms with van der Waals surface area (Å²) in [7, 11) is 1.42. The fourth-order valence-electron chi connectivity index (χ4n) is 1.92. The standard InChI is InChI=1S/C15H14N2O4S/c1-21-10-7-8-12(13(9-10)17(19)20)16-15(18)11-5-3-4-6-14(11)22-2/h3-9H,1-2H3,(H,16,18). The highest BCUT2D eigenvalue weighted by molar-refractivity contribution is 7.98. The number of anilines is 1. The van der Waals surface area contributed by atoms with E-state index >= 15 is 0 Å². The van der Waals surface area contributed by atoms with Crippen molar-refractivity contribution in [3.63, 3.8) is 0 Å². The van der Waals surface area contributed by atoms with Crippen LogP contribution in [0.3, 0.4) is 0 Å². The lowest BCUT2D eigenvalue weighted by Crippen LogP contribution is -2.14. The van der Waals surface area contributed by atoms with E-state index in [1.54, 1.807) is 18.2 Å². The van der Waals surface area contributed by atoms with Crippen molar-refractivity contribution in [2.45, 2.75) is 4.90 Å². The van der Waals surface area contributed by atoms with Crippen molar-refractivity contribution in [2.24, 2.45) is 0 Å².